The SMILES string of the molecule is CCOC(=O)c1c(C)oc2ncc(Br)cc12. The number of carbonyl (C=O) groups is 1. The van der Waals surface area contributed by atoms with Gasteiger partial charge in [-0.05, 0) is 35.8 Å². The van der Waals surface area contributed by atoms with Crippen LogP contribution in [0.4, 0.5) is 0 Å². The number of pyridine rings is 1. The molecule has 2 heterocycles. The minimum atomic E-state index is -0.376. The van der Waals surface area contributed by atoms with Crippen LogP contribution in [0, 0.1) is 6.92 Å². The third kappa shape index (κ3) is 1.82. The number of nitrogens with zero attached hydrogens (tertiary/aromatic N) is 1. The first-order valence-electron chi connectivity index (χ1n) is 4.85. The van der Waals surface area contributed by atoms with E-state index in [0.29, 0.717) is 29.0 Å². The fourth-order valence-electron chi connectivity index (χ4n) is 1.53. The minimum absolute atomic E-state index is 0.340. The molecule has 2 rings (SSSR count). The number of carbonyl (C=O) groups excluding carboxylic acids is 1. The molecule has 0 spiro atoms. The fourth-order valence-corrected chi connectivity index (χ4v) is 1.86. The highest BCUT2D eigenvalue weighted by Gasteiger charge is 2.20. The first-order chi connectivity index (χ1) is 7.63. The molecular weight excluding hydrogens is 274 g/mol. The van der Waals surface area contributed by atoms with Crippen molar-refractivity contribution in [3.8, 4) is 0 Å². The summed E-state index contributed by atoms with van der Waals surface area (Å²) >= 11 is 3.31. The number of furan rings is 1. The zero-order valence-electron chi connectivity index (χ0n) is 8.91. The van der Waals surface area contributed by atoms with Crippen LogP contribution in [-0.4, -0.2) is 17.6 Å². The fraction of sp³-hybridized carbons (Fsp3) is 0.273. The van der Waals surface area contributed by atoms with E-state index in [0.717, 1.165) is 4.47 Å². The molecule has 0 aliphatic heterocycles. The topological polar surface area (TPSA) is 52.3 Å². The molecule has 0 amide bonds. The van der Waals surface area contributed by atoms with E-state index in [1.165, 1.54) is 0 Å². The number of ether oxygens (including phenoxy) is 1. The van der Waals surface area contributed by atoms with Gasteiger partial charge in [0.15, 0.2) is 0 Å². The van der Waals surface area contributed by atoms with Gasteiger partial charge in [-0.2, -0.15) is 0 Å². The summed E-state index contributed by atoms with van der Waals surface area (Å²) in [5, 5.41) is 0.672. The quantitative estimate of drug-likeness (QED) is 0.795. The number of aromatic nitrogens is 1. The Morgan fingerprint density at radius 1 is 1.62 bits per heavy atom. The summed E-state index contributed by atoms with van der Waals surface area (Å²) < 4.78 is 11.2. The summed E-state index contributed by atoms with van der Waals surface area (Å²) in [6, 6.07) is 1.80. The van der Waals surface area contributed by atoms with Gasteiger partial charge in [-0.15, -0.1) is 0 Å². The molecule has 0 unspecified atom stereocenters. The smallest absolute Gasteiger partial charge is 0.342 e. The van der Waals surface area contributed by atoms with Crippen molar-refractivity contribution in [1.82, 2.24) is 4.98 Å². The van der Waals surface area contributed by atoms with Gasteiger partial charge in [0.25, 0.3) is 0 Å². The number of halogens is 1. The van der Waals surface area contributed by atoms with Crippen molar-refractivity contribution in [2.75, 3.05) is 6.61 Å². The lowest BCUT2D eigenvalue weighted by molar-refractivity contribution is 0.0526. The molecule has 0 bridgehead atoms. The summed E-state index contributed by atoms with van der Waals surface area (Å²) in [6.45, 7) is 3.83. The summed E-state index contributed by atoms with van der Waals surface area (Å²) in [4.78, 5) is 15.8. The van der Waals surface area contributed by atoms with Crippen molar-refractivity contribution in [3.05, 3.63) is 28.1 Å². The second-order valence-corrected chi connectivity index (χ2v) is 4.18. The number of rotatable bonds is 2. The third-order valence-electron chi connectivity index (χ3n) is 2.17. The van der Waals surface area contributed by atoms with Crippen LogP contribution in [0.2, 0.25) is 0 Å². The van der Waals surface area contributed by atoms with E-state index < -0.39 is 0 Å². The van der Waals surface area contributed by atoms with Crippen LogP contribution in [-0.2, 0) is 4.74 Å². The molecule has 84 valence electrons. The van der Waals surface area contributed by atoms with Crippen LogP contribution >= 0.6 is 15.9 Å². The highest BCUT2D eigenvalue weighted by atomic mass is 79.9. The number of hydrogen-bond donors (Lipinski definition) is 0. The molecule has 16 heavy (non-hydrogen) atoms. The van der Waals surface area contributed by atoms with Gasteiger partial charge >= 0.3 is 5.97 Å². The predicted molar refractivity (Wildman–Crippen MR) is 62.4 cm³/mol. The van der Waals surface area contributed by atoms with E-state index in [-0.39, 0.29) is 5.97 Å². The standard InChI is InChI=1S/C11H10BrNO3/c1-3-15-11(14)9-6(2)16-10-8(9)4-7(12)5-13-10/h4-5H,3H2,1-2H3. The summed E-state index contributed by atoms with van der Waals surface area (Å²) in [5.74, 6) is 0.151. The molecule has 2 aromatic rings. The molecule has 4 nitrogen and oxygen atoms in total. The highest BCUT2D eigenvalue weighted by molar-refractivity contribution is 9.10. The first kappa shape index (κ1) is 11.1. The number of hydrogen-bond acceptors (Lipinski definition) is 4. The van der Waals surface area contributed by atoms with E-state index in [1.54, 1.807) is 26.1 Å². The Bertz CT molecular complexity index is 547. The zero-order valence-corrected chi connectivity index (χ0v) is 10.5. The Hall–Kier alpha value is -1.36. The minimum Gasteiger partial charge on any atom is -0.462 e. The van der Waals surface area contributed by atoms with Gasteiger partial charge < -0.3 is 9.15 Å². The number of esters is 1. The highest BCUT2D eigenvalue weighted by Crippen LogP contribution is 2.26. The first-order valence-corrected chi connectivity index (χ1v) is 5.64. The molecular formula is C11H10BrNO3. The van der Waals surface area contributed by atoms with E-state index >= 15 is 0 Å². The molecule has 0 radical (unpaired) electrons. The summed E-state index contributed by atoms with van der Waals surface area (Å²) in [7, 11) is 0. The van der Waals surface area contributed by atoms with Gasteiger partial charge in [0.2, 0.25) is 5.71 Å². The monoisotopic (exact) mass is 283 g/mol. The molecule has 0 saturated carbocycles. The third-order valence-corrected chi connectivity index (χ3v) is 2.60. The van der Waals surface area contributed by atoms with Crippen molar-refractivity contribution in [2.24, 2.45) is 0 Å². The average molecular weight is 284 g/mol. The molecule has 0 atom stereocenters. The largest absolute Gasteiger partial charge is 0.462 e. The van der Waals surface area contributed by atoms with Crippen molar-refractivity contribution < 1.29 is 13.9 Å². The van der Waals surface area contributed by atoms with Crippen LogP contribution in [0.15, 0.2) is 21.2 Å². The molecule has 0 aliphatic carbocycles. The normalized spacial score (nSPS) is 10.7. The number of fused-ring (bicyclic) bond motifs is 1. The van der Waals surface area contributed by atoms with Crippen molar-refractivity contribution in [1.29, 1.82) is 0 Å². The molecule has 0 N–H and O–H groups in total. The second-order valence-electron chi connectivity index (χ2n) is 3.26. The van der Waals surface area contributed by atoms with Gasteiger partial charge in [0.05, 0.1) is 12.0 Å². The lowest BCUT2D eigenvalue weighted by Crippen LogP contribution is -2.05. The van der Waals surface area contributed by atoms with Crippen LogP contribution in [0.1, 0.15) is 23.0 Å². The van der Waals surface area contributed by atoms with Crippen LogP contribution in [0.3, 0.4) is 0 Å². The van der Waals surface area contributed by atoms with Crippen LogP contribution in [0.5, 0.6) is 0 Å². The van der Waals surface area contributed by atoms with Crippen molar-refractivity contribution in [3.63, 3.8) is 0 Å². The summed E-state index contributed by atoms with van der Waals surface area (Å²) in [6.07, 6.45) is 1.63. The second kappa shape index (κ2) is 4.25. The predicted octanol–water partition coefficient (Wildman–Crippen LogP) is 3.08. The summed E-state index contributed by atoms with van der Waals surface area (Å²) in [5.41, 5.74) is 0.898. The number of aryl methyl sites for hydroxylation is 1. The van der Waals surface area contributed by atoms with Crippen LogP contribution in [0.25, 0.3) is 11.1 Å². The van der Waals surface area contributed by atoms with Gasteiger partial charge in [-0.25, -0.2) is 9.78 Å². The van der Waals surface area contributed by atoms with Gasteiger partial charge in [-0.1, -0.05) is 0 Å². The molecule has 0 fully saturated rings. The Morgan fingerprint density at radius 2 is 2.38 bits per heavy atom. The molecule has 0 saturated heterocycles. The maximum atomic E-state index is 11.7. The Labute approximate surface area is 101 Å². The van der Waals surface area contributed by atoms with Crippen LogP contribution < -0.4 is 0 Å². The lowest BCUT2D eigenvalue weighted by atomic mass is 10.2. The molecule has 0 aromatic carbocycles. The Morgan fingerprint density at radius 3 is 3.06 bits per heavy atom. The van der Waals surface area contributed by atoms with Gasteiger partial charge in [-0.3, -0.25) is 0 Å². The van der Waals surface area contributed by atoms with E-state index in [2.05, 4.69) is 20.9 Å². The van der Waals surface area contributed by atoms with E-state index in [9.17, 15) is 4.79 Å². The Balaban J connectivity index is 2.62. The zero-order chi connectivity index (χ0) is 11.7. The van der Waals surface area contributed by atoms with E-state index in [4.69, 9.17) is 9.15 Å². The van der Waals surface area contributed by atoms with Crippen molar-refractivity contribution >= 4 is 33.0 Å². The van der Waals surface area contributed by atoms with Gasteiger partial charge in [0, 0.05) is 10.7 Å². The molecule has 0 aliphatic rings. The average Bonchev–Trinajstić information content (AvgIpc) is 2.53. The molecule has 5 heteroatoms. The lowest BCUT2D eigenvalue weighted by Gasteiger charge is -1.99. The van der Waals surface area contributed by atoms with Crippen molar-refractivity contribution in [2.45, 2.75) is 13.8 Å². The van der Waals surface area contributed by atoms with E-state index in [1.807, 2.05) is 0 Å². The maximum Gasteiger partial charge on any atom is 0.342 e. The Kier molecular flexibility index (Phi) is 2.96. The maximum absolute atomic E-state index is 11.7. The molecule has 2 aromatic heterocycles. The van der Waals surface area contributed by atoms with Gasteiger partial charge in [0.1, 0.15) is 11.3 Å².